The molecule has 0 saturated heterocycles. The fourth-order valence-corrected chi connectivity index (χ4v) is 1.97. The molecule has 1 aliphatic heterocycles. The normalized spacial score (nSPS) is 17.7. The highest BCUT2D eigenvalue weighted by Gasteiger charge is 2.23. The summed E-state index contributed by atoms with van der Waals surface area (Å²) in [5, 5.41) is 7.70. The number of rotatable bonds is 2. The third-order valence-corrected chi connectivity index (χ3v) is 2.83. The average Bonchev–Trinajstić information content (AvgIpc) is 3.11. The molecule has 1 aliphatic rings. The summed E-state index contributed by atoms with van der Waals surface area (Å²) in [6.07, 6.45) is 5.42. The number of carbonyl (C=O) groups excluding carboxylic acids is 1. The van der Waals surface area contributed by atoms with Gasteiger partial charge in [0.1, 0.15) is 0 Å². The van der Waals surface area contributed by atoms with Gasteiger partial charge in [-0.3, -0.25) is 4.79 Å². The van der Waals surface area contributed by atoms with Gasteiger partial charge in [-0.2, -0.15) is 5.10 Å². The summed E-state index contributed by atoms with van der Waals surface area (Å²) in [7, 11) is 0. The van der Waals surface area contributed by atoms with Crippen LogP contribution >= 0.6 is 0 Å². The van der Waals surface area contributed by atoms with Crippen LogP contribution in [0.25, 0.3) is 0 Å². The van der Waals surface area contributed by atoms with Crippen LogP contribution in [-0.2, 0) is 4.84 Å². The Hall–Kier alpha value is -2.43. The van der Waals surface area contributed by atoms with Gasteiger partial charge in [0.15, 0.2) is 6.10 Å². The third-order valence-electron chi connectivity index (χ3n) is 2.83. The lowest BCUT2D eigenvalue weighted by atomic mass is 10.0. The molecule has 90 valence electrons. The standard InChI is InChI=1S/C13H11N3O2/c17-13(16-9-3-7-14-16)11-5-2-1-4-10(11)12-6-8-15-18-12/h1-5,7-9,12H,6H2. The van der Waals surface area contributed by atoms with Gasteiger partial charge in [-0.15, -0.1) is 0 Å². The van der Waals surface area contributed by atoms with Crippen LogP contribution in [0, 0.1) is 0 Å². The first kappa shape index (κ1) is 10.7. The minimum Gasteiger partial charge on any atom is -0.388 e. The van der Waals surface area contributed by atoms with E-state index in [2.05, 4.69) is 10.3 Å². The third kappa shape index (κ3) is 1.79. The van der Waals surface area contributed by atoms with E-state index in [4.69, 9.17) is 4.84 Å². The molecule has 0 saturated carbocycles. The maximum Gasteiger partial charge on any atom is 0.278 e. The zero-order valence-electron chi connectivity index (χ0n) is 9.56. The molecule has 3 rings (SSSR count). The van der Waals surface area contributed by atoms with E-state index >= 15 is 0 Å². The van der Waals surface area contributed by atoms with E-state index in [1.165, 1.54) is 4.68 Å². The summed E-state index contributed by atoms with van der Waals surface area (Å²) in [6.45, 7) is 0. The molecule has 5 heteroatoms. The molecular formula is C13H11N3O2. The Bertz CT molecular complexity index is 582. The Kier molecular flexibility index (Phi) is 2.64. The van der Waals surface area contributed by atoms with Crippen molar-refractivity contribution in [2.24, 2.45) is 5.16 Å². The Balaban J connectivity index is 1.99. The molecule has 5 nitrogen and oxygen atoms in total. The highest BCUT2D eigenvalue weighted by atomic mass is 16.6. The van der Waals surface area contributed by atoms with Crippen molar-refractivity contribution in [1.82, 2.24) is 9.78 Å². The fourth-order valence-electron chi connectivity index (χ4n) is 1.97. The molecule has 0 spiro atoms. The number of oxime groups is 1. The first-order valence-electron chi connectivity index (χ1n) is 5.67. The molecule has 0 aliphatic carbocycles. The lowest BCUT2D eigenvalue weighted by molar-refractivity contribution is 0.0819. The summed E-state index contributed by atoms with van der Waals surface area (Å²) in [4.78, 5) is 17.5. The van der Waals surface area contributed by atoms with Crippen molar-refractivity contribution in [3.63, 3.8) is 0 Å². The van der Waals surface area contributed by atoms with Crippen molar-refractivity contribution in [3.05, 3.63) is 53.9 Å². The molecule has 1 aromatic carbocycles. The van der Waals surface area contributed by atoms with E-state index in [-0.39, 0.29) is 12.0 Å². The van der Waals surface area contributed by atoms with Gasteiger partial charge in [0.2, 0.25) is 0 Å². The highest BCUT2D eigenvalue weighted by molar-refractivity contribution is 5.96. The van der Waals surface area contributed by atoms with Gasteiger partial charge in [0, 0.05) is 36.2 Å². The SMILES string of the molecule is O=C(c1ccccc1C1CC=NO1)n1cccn1. The molecular weight excluding hydrogens is 230 g/mol. The molecule has 1 atom stereocenters. The van der Waals surface area contributed by atoms with Crippen LogP contribution in [0.5, 0.6) is 0 Å². The van der Waals surface area contributed by atoms with Gasteiger partial charge >= 0.3 is 0 Å². The minimum atomic E-state index is -0.180. The predicted octanol–water partition coefficient (Wildman–Crippen LogP) is 2.02. The summed E-state index contributed by atoms with van der Waals surface area (Å²) in [6, 6.07) is 9.10. The topological polar surface area (TPSA) is 56.5 Å². The first-order chi connectivity index (χ1) is 8.86. The quantitative estimate of drug-likeness (QED) is 0.808. The highest BCUT2D eigenvalue weighted by Crippen LogP contribution is 2.27. The molecule has 0 fully saturated rings. The second kappa shape index (κ2) is 4.44. The Labute approximate surface area is 104 Å². The average molecular weight is 241 g/mol. The smallest absolute Gasteiger partial charge is 0.278 e. The summed E-state index contributed by atoms with van der Waals surface area (Å²) in [5.41, 5.74) is 1.44. The van der Waals surface area contributed by atoms with Crippen molar-refractivity contribution in [2.75, 3.05) is 0 Å². The van der Waals surface area contributed by atoms with Crippen LogP contribution in [-0.4, -0.2) is 21.9 Å². The van der Waals surface area contributed by atoms with Crippen LogP contribution in [0.1, 0.15) is 28.4 Å². The maximum absolute atomic E-state index is 12.3. The molecule has 0 N–H and O–H groups in total. The molecule has 0 amide bonds. The van der Waals surface area contributed by atoms with Crippen LogP contribution in [0.3, 0.4) is 0 Å². The Morgan fingerprint density at radius 2 is 2.22 bits per heavy atom. The van der Waals surface area contributed by atoms with Crippen molar-refractivity contribution in [2.45, 2.75) is 12.5 Å². The summed E-state index contributed by atoms with van der Waals surface area (Å²) in [5.74, 6) is -0.161. The number of aromatic nitrogens is 2. The lowest BCUT2D eigenvalue weighted by Gasteiger charge is -2.12. The number of hydrogen-bond acceptors (Lipinski definition) is 4. The van der Waals surface area contributed by atoms with Crippen LogP contribution < -0.4 is 0 Å². The molecule has 0 radical (unpaired) electrons. The van der Waals surface area contributed by atoms with Crippen molar-refractivity contribution in [1.29, 1.82) is 0 Å². The zero-order chi connectivity index (χ0) is 12.4. The minimum absolute atomic E-state index is 0.161. The molecule has 1 unspecified atom stereocenters. The first-order valence-corrected chi connectivity index (χ1v) is 5.67. The van der Waals surface area contributed by atoms with E-state index in [0.717, 1.165) is 5.56 Å². The molecule has 2 aromatic rings. The van der Waals surface area contributed by atoms with Crippen molar-refractivity contribution >= 4 is 12.1 Å². The van der Waals surface area contributed by atoms with Crippen molar-refractivity contribution in [3.8, 4) is 0 Å². The summed E-state index contributed by atoms with van der Waals surface area (Å²) < 4.78 is 1.31. The van der Waals surface area contributed by atoms with Gasteiger partial charge in [-0.25, -0.2) is 4.68 Å². The zero-order valence-corrected chi connectivity index (χ0v) is 9.56. The van der Waals surface area contributed by atoms with E-state index in [1.54, 1.807) is 30.7 Å². The van der Waals surface area contributed by atoms with Gasteiger partial charge < -0.3 is 4.84 Å². The van der Waals surface area contributed by atoms with Crippen LogP contribution in [0.4, 0.5) is 0 Å². The molecule has 18 heavy (non-hydrogen) atoms. The van der Waals surface area contributed by atoms with Crippen molar-refractivity contribution < 1.29 is 9.63 Å². The van der Waals surface area contributed by atoms with Gasteiger partial charge in [-0.05, 0) is 12.1 Å². The van der Waals surface area contributed by atoms with E-state index < -0.39 is 0 Å². The fraction of sp³-hybridized carbons (Fsp3) is 0.154. The van der Waals surface area contributed by atoms with Gasteiger partial charge in [0.05, 0.1) is 0 Å². The maximum atomic E-state index is 12.3. The second-order valence-electron chi connectivity index (χ2n) is 3.96. The Morgan fingerprint density at radius 1 is 1.33 bits per heavy atom. The monoisotopic (exact) mass is 241 g/mol. The Morgan fingerprint density at radius 3 is 2.94 bits per heavy atom. The van der Waals surface area contributed by atoms with E-state index in [1.807, 2.05) is 18.2 Å². The molecule has 2 heterocycles. The second-order valence-corrected chi connectivity index (χ2v) is 3.96. The van der Waals surface area contributed by atoms with E-state index in [9.17, 15) is 4.79 Å². The molecule has 0 bridgehead atoms. The van der Waals surface area contributed by atoms with Crippen LogP contribution in [0.15, 0.2) is 47.9 Å². The number of hydrogen-bond donors (Lipinski definition) is 0. The number of nitrogens with zero attached hydrogens (tertiary/aromatic N) is 3. The largest absolute Gasteiger partial charge is 0.388 e. The lowest BCUT2D eigenvalue weighted by Crippen LogP contribution is -2.16. The summed E-state index contributed by atoms with van der Waals surface area (Å²) >= 11 is 0. The van der Waals surface area contributed by atoms with Gasteiger partial charge in [0.25, 0.3) is 5.91 Å². The molecule has 1 aromatic heterocycles. The van der Waals surface area contributed by atoms with Gasteiger partial charge in [-0.1, -0.05) is 23.4 Å². The van der Waals surface area contributed by atoms with E-state index in [0.29, 0.717) is 12.0 Å². The number of carbonyl (C=O) groups is 1. The predicted molar refractivity (Wildman–Crippen MR) is 65.3 cm³/mol. The number of benzene rings is 1. The van der Waals surface area contributed by atoms with Crippen LogP contribution in [0.2, 0.25) is 0 Å².